The molecule has 7 heteroatoms. The van der Waals surface area contributed by atoms with Gasteiger partial charge in [0.05, 0.1) is 13.0 Å². The molecule has 136 valence electrons. The van der Waals surface area contributed by atoms with Crippen LogP contribution >= 0.6 is 12.4 Å². The Hall–Kier alpha value is -2.31. The summed E-state index contributed by atoms with van der Waals surface area (Å²) in [5.74, 6) is -0.286. The highest BCUT2D eigenvalue weighted by Gasteiger charge is 2.18. The third-order valence-electron chi connectivity index (χ3n) is 3.69. The summed E-state index contributed by atoms with van der Waals surface area (Å²) in [5.41, 5.74) is 6.04. The van der Waals surface area contributed by atoms with Crippen molar-refractivity contribution in [1.29, 1.82) is 0 Å². The first-order valence-corrected chi connectivity index (χ1v) is 7.59. The van der Waals surface area contributed by atoms with E-state index in [0.29, 0.717) is 17.2 Å². The Balaban J connectivity index is 0.00000312. The van der Waals surface area contributed by atoms with Gasteiger partial charge in [0.2, 0.25) is 5.91 Å². The van der Waals surface area contributed by atoms with Crippen LogP contribution < -0.4 is 20.5 Å². The second kappa shape index (κ2) is 9.25. The Morgan fingerprint density at radius 2 is 1.76 bits per heavy atom. The lowest BCUT2D eigenvalue weighted by atomic mass is 10.0. The van der Waals surface area contributed by atoms with E-state index in [9.17, 15) is 9.18 Å². The van der Waals surface area contributed by atoms with Crippen molar-refractivity contribution in [1.82, 2.24) is 0 Å². The molecule has 0 aliphatic carbocycles. The first kappa shape index (κ1) is 20.7. The zero-order valence-electron chi connectivity index (χ0n) is 14.3. The number of hydrogen-bond acceptors (Lipinski definition) is 4. The van der Waals surface area contributed by atoms with Crippen LogP contribution in [0, 0.1) is 11.7 Å². The average molecular weight is 369 g/mol. The van der Waals surface area contributed by atoms with Crippen molar-refractivity contribution >= 4 is 24.0 Å². The second-order valence-electron chi connectivity index (χ2n) is 5.54. The normalized spacial score (nSPS) is 12.5. The SMILES string of the molecule is COc1ccccc1Oc1ccc(NC(=O)C(C)C(C)N)cc1F.Cl. The molecule has 0 saturated carbocycles. The number of methoxy groups -OCH3 is 1. The van der Waals surface area contributed by atoms with Gasteiger partial charge in [-0.2, -0.15) is 0 Å². The number of anilines is 1. The number of amides is 1. The molecule has 5 nitrogen and oxygen atoms in total. The van der Waals surface area contributed by atoms with E-state index in [0.717, 1.165) is 0 Å². The van der Waals surface area contributed by atoms with Crippen molar-refractivity contribution in [3.63, 3.8) is 0 Å². The highest BCUT2D eigenvalue weighted by Crippen LogP contribution is 2.33. The van der Waals surface area contributed by atoms with Gasteiger partial charge >= 0.3 is 0 Å². The molecule has 25 heavy (non-hydrogen) atoms. The molecule has 0 saturated heterocycles. The minimum atomic E-state index is -0.591. The molecule has 1 amide bonds. The summed E-state index contributed by atoms with van der Waals surface area (Å²) in [4.78, 5) is 12.0. The van der Waals surface area contributed by atoms with E-state index in [4.69, 9.17) is 15.2 Å². The summed E-state index contributed by atoms with van der Waals surface area (Å²) in [6.07, 6.45) is 0. The van der Waals surface area contributed by atoms with E-state index in [1.165, 1.54) is 19.2 Å². The molecular formula is C18H22ClFN2O3. The molecule has 0 heterocycles. The Morgan fingerprint density at radius 3 is 2.32 bits per heavy atom. The quantitative estimate of drug-likeness (QED) is 0.809. The van der Waals surface area contributed by atoms with Gasteiger partial charge in [-0.3, -0.25) is 4.79 Å². The van der Waals surface area contributed by atoms with Gasteiger partial charge in [0.15, 0.2) is 23.1 Å². The summed E-state index contributed by atoms with van der Waals surface area (Å²) in [6.45, 7) is 3.46. The predicted molar refractivity (Wildman–Crippen MR) is 98.2 cm³/mol. The molecule has 2 rings (SSSR count). The van der Waals surface area contributed by atoms with Crippen LogP contribution in [0.5, 0.6) is 17.2 Å². The first-order valence-electron chi connectivity index (χ1n) is 7.59. The summed E-state index contributed by atoms with van der Waals surface area (Å²) in [5, 5.41) is 2.64. The topological polar surface area (TPSA) is 73.6 Å². The first-order chi connectivity index (χ1) is 11.4. The molecule has 2 aromatic rings. The van der Waals surface area contributed by atoms with E-state index >= 15 is 0 Å². The molecule has 0 aromatic heterocycles. The van der Waals surface area contributed by atoms with Crippen LogP contribution in [0.2, 0.25) is 0 Å². The minimum absolute atomic E-state index is 0. The number of nitrogens with one attached hydrogen (secondary N) is 1. The van der Waals surface area contributed by atoms with Crippen molar-refractivity contribution < 1.29 is 18.7 Å². The number of carbonyl (C=O) groups is 1. The Morgan fingerprint density at radius 1 is 1.12 bits per heavy atom. The van der Waals surface area contributed by atoms with E-state index in [-0.39, 0.29) is 36.0 Å². The number of benzene rings is 2. The van der Waals surface area contributed by atoms with Gasteiger partial charge in [-0.15, -0.1) is 12.4 Å². The predicted octanol–water partition coefficient (Wildman–Crippen LogP) is 3.97. The maximum Gasteiger partial charge on any atom is 0.228 e. The third-order valence-corrected chi connectivity index (χ3v) is 3.69. The van der Waals surface area contributed by atoms with Crippen LogP contribution in [0.25, 0.3) is 0 Å². The van der Waals surface area contributed by atoms with E-state index in [1.54, 1.807) is 44.2 Å². The molecule has 0 radical (unpaired) electrons. The summed E-state index contributed by atoms with van der Waals surface area (Å²) in [7, 11) is 1.51. The highest BCUT2D eigenvalue weighted by atomic mass is 35.5. The molecule has 2 atom stereocenters. The number of rotatable bonds is 6. The van der Waals surface area contributed by atoms with Crippen molar-refractivity contribution in [2.45, 2.75) is 19.9 Å². The zero-order valence-corrected chi connectivity index (χ0v) is 15.1. The molecule has 2 aromatic carbocycles. The Labute approximate surface area is 152 Å². The Kier molecular flexibility index (Phi) is 7.67. The van der Waals surface area contributed by atoms with Gasteiger partial charge in [-0.25, -0.2) is 4.39 Å². The highest BCUT2D eigenvalue weighted by molar-refractivity contribution is 5.92. The van der Waals surface area contributed by atoms with Crippen molar-refractivity contribution in [3.8, 4) is 17.2 Å². The lowest BCUT2D eigenvalue weighted by molar-refractivity contribution is -0.119. The van der Waals surface area contributed by atoms with Gasteiger partial charge < -0.3 is 20.5 Å². The fraction of sp³-hybridized carbons (Fsp3) is 0.278. The fourth-order valence-electron chi connectivity index (χ4n) is 1.98. The van der Waals surface area contributed by atoms with E-state index in [2.05, 4.69) is 5.32 Å². The van der Waals surface area contributed by atoms with Gasteiger partial charge in [0.1, 0.15) is 0 Å². The molecule has 0 bridgehead atoms. The standard InChI is InChI=1S/C18H21FN2O3.ClH/c1-11(12(2)20)18(22)21-13-8-9-15(14(19)10-13)24-17-7-5-4-6-16(17)23-3;/h4-12H,20H2,1-3H3,(H,21,22);1H. The van der Waals surface area contributed by atoms with Crippen LogP contribution in [0.4, 0.5) is 10.1 Å². The van der Waals surface area contributed by atoms with Crippen LogP contribution in [0.15, 0.2) is 42.5 Å². The second-order valence-corrected chi connectivity index (χ2v) is 5.54. The van der Waals surface area contributed by atoms with Crippen LogP contribution in [-0.4, -0.2) is 19.1 Å². The molecule has 0 aliphatic rings. The van der Waals surface area contributed by atoms with Crippen LogP contribution in [0.1, 0.15) is 13.8 Å². The molecule has 0 spiro atoms. The van der Waals surface area contributed by atoms with Crippen molar-refractivity contribution in [2.75, 3.05) is 12.4 Å². The van der Waals surface area contributed by atoms with Crippen molar-refractivity contribution in [3.05, 3.63) is 48.3 Å². The van der Waals surface area contributed by atoms with Gasteiger partial charge in [0, 0.05) is 17.8 Å². The van der Waals surface area contributed by atoms with Gasteiger partial charge in [0.25, 0.3) is 0 Å². The van der Waals surface area contributed by atoms with Crippen molar-refractivity contribution in [2.24, 2.45) is 11.7 Å². The molecule has 2 unspecified atom stereocenters. The summed E-state index contributed by atoms with van der Waals surface area (Å²) < 4.78 is 25.0. The summed E-state index contributed by atoms with van der Waals surface area (Å²) in [6, 6.07) is 10.9. The number of halogens is 2. The van der Waals surface area contributed by atoms with Gasteiger partial charge in [-0.05, 0) is 31.2 Å². The van der Waals surface area contributed by atoms with Crippen LogP contribution in [-0.2, 0) is 4.79 Å². The number of ether oxygens (including phenoxy) is 2. The monoisotopic (exact) mass is 368 g/mol. The molecule has 0 fully saturated rings. The van der Waals surface area contributed by atoms with E-state index < -0.39 is 5.82 Å². The molecule has 3 N–H and O–H groups in total. The number of carbonyl (C=O) groups excluding carboxylic acids is 1. The summed E-state index contributed by atoms with van der Waals surface area (Å²) >= 11 is 0. The van der Waals surface area contributed by atoms with Crippen LogP contribution in [0.3, 0.4) is 0 Å². The maximum absolute atomic E-state index is 14.2. The zero-order chi connectivity index (χ0) is 17.7. The minimum Gasteiger partial charge on any atom is -0.493 e. The Bertz CT molecular complexity index is 725. The number of nitrogens with two attached hydrogens (primary N) is 1. The van der Waals surface area contributed by atoms with E-state index in [1.807, 2.05) is 0 Å². The average Bonchev–Trinajstić information content (AvgIpc) is 2.56. The third kappa shape index (κ3) is 5.34. The smallest absolute Gasteiger partial charge is 0.228 e. The number of para-hydroxylation sites is 2. The lowest BCUT2D eigenvalue weighted by Gasteiger charge is -2.16. The fourth-order valence-corrected chi connectivity index (χ4v) is 1.98. The lowest BCUT2D eigenvalue weighted by Crippen LogP contribution is -2.34. The number of hydrogen-bond donors (Lipinski definition) is 2. The largest absolute Gasteiger partial charge is 0.493 e. The van der Waals surface area contributed by atoms with Gasteiger partial charge in [-0.1, -0.05) is 19.1 Å². The maximum atomic E-state index is 14.2. The molecular weight excluding hydrogens is 347 g/mol. The molecule has 0 aliphatic heterocycles.